The summed E-state index contributed by atoms with van der Waals surface area (Å²) in [6.45, 7) is 27.9. The summed E-state index contributed by atoms with van der Waals surface area (Å²) >= 11 is 0. The third kappa shape index (κ3) is 6.85. The van der Waals surface area contributed by atoms with Gasteiger partial charge in [0.05, 0.1) is 33.9 Å². The van der Waals surface area contributed by atoms with Crippen LogP contribution in [-0.2, 0) is 6.42 Å². The molecule has 4 aliphatic rings. The lowest BCUT2D eigenvalue weighted by Crippen LogP contribution is -2.72. The Balaban J connectivity index is 0.000000161. The average Bonchev–Trinajstić information content (AvgIpc) is 3.74. The molecule has 0 radical (unpaired) electrons. The molecule has 10 nitrogen and oxygen atoms in total. The third-order valence-electron chi connectivity index (χ3n) is 11.9. The van der Waals surface area contributed by atoms with Crippen molar-refractivity contribution in [2.45, 2.75) is 133 Å². The standard InChI is InChI=1S/C21H29N5O.C20H29N3O/c1-12(2)19-22-18(17-14(4)24-27-15(17)5)13(3)20(23-19)26-10-21(11-26)8-25(9-21)16-6-7-16;1-7-15-8-16(9-15)10-17-12(4)19(22-20(21-17)11(2)3)18-13(5)23-24-14(18)6/h12,16H,6-11H2,1-5H3;11,15-16H,7-10H2,1-6H3. The second kappa shape index (κ2) is 13.7. The highest BCUT2D eigenvalue weighted by Crippen LogP contribution is 2.47. The molecule has 2 saturated heterocycles. The van der Waals surface area contributed by atoms with Crippen LogP contribution < -0.4 is 4.90 Å². The summed E-state index contributed by atoms with van der Waals surface area (Å²) in [7, 11) is 0. The lowest BCUT2D eigenvalue weighted by atomic mass is 9.71. The van der Waals surface area contributed by atoms with Gasteiger partial charge >= 0.3 is 0 Å². The molecule has 8 rings (SSSR count). The van der Waals surface area contributed by atoms with Crippen LogP contribution in [-0.4, -0.2) is 67.4 Å². The molecule has 2 aliphatic heterocycles. The van der Waals surface area contributed by atoms with Crippen LogP contribution in [0.4, 0.5) is 5.82 Å². The van der Waals surface area contributed by atoms with Crippen molar-refractivity contribution in [2.75, 3.05) is 31.1 Å². The minimum atomic E-state index is 0.285. The quantitative estimate of drug-likeness (QED) is 0.169. The van der Waals surface area contributed by atoms with Gasteiger partial charge in [0, 0.05) is 60.7 Å². The molecule has 6 heterocycles. The van der Waals surface area contributed by atoms with E-state index in [2.05, 4.69) is 68.6 Å². The van der Waals surface area contributed by atoms with E-state index in [9.17, 15) is 0 Å². The van der Waals surface area contributed by atoms with E-state index in [-0.39, 0.29) is 5.92 Å². The van der Waals surface area contributed by atoms with Crippen LogP contribution in [0, 0.1) is 58.8 Å². The topological polar surface area (TPSA) is 110 Å². The number of aryl methyl sites for hydroxylation is 4. The highest BCUT2D eigenvalue weighted by atomic mass is 16.5. The molecule has 0 aromatic carbocycles. The second-order valence-electron chi connectivity index (χ2n) is 16.9. The third-order valence-corrected chi connectivity index (χ3v) is 11.9. The second-order valence-corrected chi connectivity index (χ2v) is 16.9. The van der Waals surface area contributed by atoms with Crippen molar-refractivity contribution in [1.82, 2.24) is 35.1 Å². The van der Waals surface area contributed by atoms with Gasteiger partial charge in [-0.2, -0.15) is 0 Å². The Kier molecular flexibility index (Phi) is 9.61. The van der Waals surface area contributed by atoms with Crippen LogP contribution in [0.25, 0.3) is 22.5 Å². The minimum Gasteiger partial charge on any atom is -0.361 e. The van der Waals surface area contributed by atoms with Gasteiger partial charge in [0.2, 0.25) is 0 Å². The van der Waals surface area contributed by atoms with Gasteiger partial charge in [0.15, 0.2) is 0 Å². The fourth-order valence-electron chi connectivity index (χ4n) is 8.53. The Bertz CT molecular complexity index is 1840. The molecule has 2 aliphatic carbocycles. The molecule has 0 N–H and O–H groups in total. The van der Waals surface area contributed by atoms with Crippen molar-refractivity contribution in [3.8, 4) is 22.5 Å². The van der Waals surface area contributed by atoms with E-state index in [1.165, 1.54) is 56.5 Å². The molecule has 1 spiro atoms. The van der Waals surface area contributed by atoms with Gasteiger partial charge in [0.1, 0.15) is 29.0 Å². The van der Waals surface area contributed by atoms with E-state index >= 15 is 0 Å². The van der Waals surface area contributed by atoms with Gasteiger partial charge in [-0.3, -0.25) is 4.90 Å². The zero-order chi connectivity index (χ0) is 36.4. The predicted octanol–water partition coefficient (Wildman–Crippen LogP) is 8.62. The number of hydrogen-bond acceptors (Lipinski definition) is 10. The molecular formula is C41H58N8O2. The molecule has 0 unspecified atom stereocenters. The summed E-state index contributed by atoms with van der Waals surface area (Å²) in [5, 5.41) is 8.25. The summed E-state index contributed by atoms with van der Waals surface area (Å²) < 4.78 is 10.8. The molecule has 0 atom stereocenters. The van der Waals surface area contributed by atoms with Crippen LogP contribution in [0.15, 0.2) is 9.05 Å². The molecule has 10 heteroatoms. The van der Waals surface area contributed by atoms with Gasteiger partial charge in [-0.25, -0.2) is 19.9 Å². The molecule has 4 aromatic rings. The Hall–Kier alpha value is -3.66. The maximum Gasteiger partial charge on any atom is 0.143 e. The smallest absolute Gasteiger partial charge is 0.143 e. The van der Waals surface area contributed by atoms with E-state index < -0.39 is 0 Å². The largest absolute Gasteiger partial charge is 0.361 e. The molecule has 0 bridgehead atoms. The monoisotopic (exact) mass is 694 g/mol. The van der Waals surface area contributed by atoms with Gasteiger partial charge in [-0.1, -0.05) is 51.4 Å². The highest BCUT2D eigenvalue weighted by molar-refractivity contribution is 5.72. The number of nitrogens with zero attached hydrogens (tertiary/aromatic N) is 8. The molecule has 4 aromatic heterocycles. The summed E-state index contributed by atoms with van der Waals surface area (Å²) in [6, 6.07) is 0.893. The number of anilines is 1. The van der Waals surface area contributed by atoms with E-state index in [1.807, 2.05) is 27.7 Å². The van der Waals surface area contributed by atoms with Crippen LogP contribution in [0.1, 0.15) is 130 Å². The molecule has 274 valence electrons. The van der Waals surface area contributed by atoms with Gasteiger partial charge in [-0.05, 0) is 91.0 Å². The summed E-state index contributed by atoms with van der Waals surface area (Å²) in [5.74, 6) is 6.89. The van der Waals surface area contributed by atoms with Crippen LogP contribution >= 0.6 is 0 Å². The highest BCUT2D eigenvalue weighted by Gasteiger charge is 2.55. The Labute approximate surface area is 304 Å². The molecule has 4 fully saturated rings. The van der Waals surface area contributed by atoms with Crippen LogP contribution in [0.2, 0.25) is 0 Å². The van der Waals surface area contributed by atoms with Gasteiger partial charge in [-0.15, -0.1) is 0 Å². The van der Waals surface area contributed by atoms with Crippen molar-refractivity contribution < 1.29 is 9.05 Å². The van der Waals surface area contributed by atoms with E-state index in [0.717, 1.165) is 106 Å². The van der Waals surface area contributed by atoms with E-state index in [1.54, 1.807) is 0 Å². The van der Waals surface area contributed by atoms with Gasteiger partial charge in [0.25, 0.3) is 0 Å². The molecule has 51 heavy (non-hydrogen) atoms. The lowest BCUT2D eigenvalue weighted by Gasteiger charge is -2.61. The Morgan fingerprint density at radius 1 is 0.686 bits per heavy atom. The summed E-state index contributed by atoms with van der Waals surface area (Å²) in [5.41, 5.74) is 9.90. The van der Waals surface area contributed by atoms with Crippen molar-refractivity contribution in [1.29, 1.82) is 0 Å². The maximum atomic E-state index is 5.42. The Morgan fingerprint density at radius 2 is 1.22 bits per heavy atom. The van der Waals surface area contributed by atoms with Crippen molar-refractivity contribution in [3.05, 3.63) is 51.4 Å². The molecule has 2 saturated carbocycles. The first-order chi connectivity index (χ1) is 24.3. The van der Waals surface area contributed by atoms with Crippen molar-refractivity contribution >= 4 is 5.82 Å². The first-order valence-corrected chi connectivity index (χ1v) is 19.4. The van der Waals surface area contributed by atoms with Crippen molar-refractivity contribution in [3.63, 3.8) is 0 Å². The van der Waals surface area contributed by atoms with E-state index in [0.29, 0.717) is 11.3 Å². The normalized spacial score (nSPS) is 21.1. The number of hydrogen-bond donors (Lipinski definition) is 0. The lowest BCUT2D eigenvalue weighted by molar-refractivity contribution is -0.0278. The van der Waals surface area contributed by atoms with Crippen LogP contribution in [0.5, 0.6) is 0 Å². The zero-order valence-corrected chi connectivity index (χ0v) is 32.9. The van der Waals surface area contributed by atoms with Crippen LogP contribution in [0.3, 0.4) is 0 Å². The van der Waals surface area contributed by atoms with Gasteiger partial charge < -0.3 is 13.9 Å². The average molecular weight is 695 g/mol. The molecular weight excluding hydrogens is 637 g/mol. The zero-order valence-electron chi connectivity index (χ0n) is 32.9. The molecule has 0 amide bonds. The Morgan fingerprint density at radius 3 is 1.69 bits per heavy atom. The van der Waals surface area contributed by atoms with Crippen molar-refractivity contribution in [2.24, 2.45) is 17.3 Å². The first-order valence-electron chi connectivity index (χ1n) is 19.4. The fourth-order valence-corrected chi connectivity index (χ4v) is 8.53. The number of aromatic nitrogens is 6. The maximum absolute atomic E-state index is 5.42. The number of likely N-dealkylation sites (tertiary alicyclic amines) is 1. The predicted molar refractivity (Wildman–Crippen MR) is 201 cm³/mol. The summed E-state index contributed by atoms with van der Waals surface area (Å²) in [4.78, 5) is 24.8. The minimum absolute atomic E-state index is 0.285. The summed E-state index contributed by atoms with van der Waals surface area (Å²) in [6.07, 6.45) is 7.88. The SMILES string of the molecule is CCC1CC(Cc2nc(C(C)C)nc(-c3c(C)noc3C)c2C)C1.Cc1noc(C)c1-c1nc(C(C)C)nc(N2CC3(C2)CN(C2CC2)C3)c1C. The number of rotatable bonds is 9. The first kappa shape index (κ1) is 35.7. The fraction of sp³-hybridized carbons (Fsp3) is 0.659. The van der Waals surface area contributed by atoms with E-state index in [4.69, 9.17) is 29.0 Å².